The van der Waals surface area contributed by atoms with Crippen molar-refractivity contribution in [1.29, 1.82) is 0 Å². The zero-order valence-corrected chi connectivity index (χ0v) is 16.0. The van der Waals surface area contributed by atoms with Gasteiger partial charge in [-0.2, -0.15) is 0 Å². The second kappa shape index (κ2) is 8.23. The van der Waals surface area contributed by atoms with Crippen molar-refractivity contribution in [1.82, 2.24) is 4.72 Å². The maximum atomic E-state index is 12.9. The van der Waals surface area contributed by atoms with Crippen LogP contribution < -0.4 is 4.72 Å². The molecule has 6 heteroatoms. The van der Waals surface area contributed by atoms with Gasteiger partial charge in [-0.1, -0.05) is 72.3 Å². The fourth-order valence-electron chi connectivity index (χ4n) is 2.64. The summed E-state index contributed by atoms with van der Waals surface area (Å²) < 4.78 is 28.4. The molecule has 0 spiro atoms. The van der Waals surface area contributed by atoms with Crippen molar-refractivity contribution in [2.45, 2.75) is 16.3 Å². The van der Waals surface area contributed by atoms with Crippen LogP contribution in [0.25, 0.3) is 0 Å². The minimum absolute atomic E-state index is 0.139. The van der Waals surface area contributed by atoms with E-state index >= 15 is 0 Å². The van der Waals surface area contributed by atoms with Crippen LogP contribution in [0.5, 0.6) is 0 Å². The number of hydrogen-bond acceptors (Lipinski definition) is 2. The molecule has 0 amide bonds. The first-order valence-electron chi connectivity index (χ1n) is 7.99. The van der Waals surface area contributed by atoms with Gasteiger partial charge in [0.1, 0.15) is 0 Å². The van der Waals surface area contributed by atoms with E-state index in [0.29, 0.717) is 5.02 Å². The third kappa shape index (κ3) is 4.46. The Bertz CT molecular complexity index is 946. The second-order valence-electron chi connectivity index (χ2n) is 5.78. The van der Waals surface area contributed by atoms with Crippen molar-refractivity contribution in [3.8, 4) is 0 Å². The summed E-state index contributed by atoms with van der Waals surface area (Å²) in [6.07, 6.45) is 0. The monoisotopic (exact) mass is 405 g/mol. The number of nitrogens with one attached hydrogen (secondary N) is 1. The SMILES string of the molecule is O=S(=O)(N[C@@H](c1ccccc1)[C@@H](Cl)c1ccccc1)c1ccc(Cl)cc1. The van der Waals surface area contributed by atoms with Crippen molar-refractivity contribution in [3.05, 3.63) is 101 Å². The van der Waals surface area contributed by atoms with Crippen molar-refractivity contribution in [3.63, 3.8) is 0 Å². The molecule has 0 aromatic heterocycles. The lowest BCUT2D eigenvalue weighted by molar-refractivity contribution is 0.549. The number of rotatable bonds is 6. The molecule has 26 heavy (non-hydrogen) atoms. The molecule has 0 aliphatic carbocycles. The van der Waals surface area contributed by atoms with Gasteiger partial charge in [0.05, 0.1) is 16.3 Å². The van der Waals surface area contributed by atoms with Gasteiger partial charge >= 0.3 is 0 Å². The van der Waals surface area contributed by atoms with Crippen molar-refractivity contribution in [2.75, 3.05) is 0 Å². The average Bonchev–Trinajstić information content (AvgIpc) is 2.67. The first-order chi connectivity index (χ1) is 12.5. The summed E-state index contributed by atoms with van der Waals surface area (Å²) in [7, 11) is -3.77. The summed E-state index contributed by atoms with van der Waals surface area (Å²) >= 11 is 12.5. The lowest BCUT2D eigenvalue weighted by atomic mass is 9.99. The molecule has 2 atom stereocenters. The van der Waals surface area contributed by atoms with Crippen LogP contribution in [-0.2, 0) is 10.0 Å². The average molecular weight is 406 g/mol. The van der Waals surface area contributed by atoms with E-state index in [1.807, 2.05) is 60.7 Å². The molecular weight excluding hydrogens is 389 g/mol. The van der Waals surface area contributed by atoms with Crippen LogP contribution in [0, 0.1) is 0 Å². The zero-order chi connectivity index (χ0) is 18.6. The van der Waals surface area contributed by atoms with Gasteiger partial charge in [0.15, 0.2) is 0 Å². The summed E-state index contributed by atoms with van der Waals surface area (Å²) in [5, 5.41) is -0.0938. The fourth-order valence-corrected chi connectivity index (χ4v) is 4.43. The van der Waals surface area contributed by atoms with E-state index in [1.165, 1.54) is 12.1 Å². The molecule has 0 saturated carbocycles. The second-order valence-corrected chi connectivity index (χ2v) is 8.40. The largest absolute Gasteiger partial charge is 0.241 e. The molecule has 3 aromatic rings. The zero-order valence-electron chi connectivity index (χ0n) is 13.7. The molecule has 0 aliphatic heterocycles. The molecule has 0 radical (unpaired) electrons. The molecule has 3 rings (SSSR count). The molecule has 0 heterocycles. The first-order valence-corrected chi connectivity index (χ1v) is 10.3. The maximum absolute atomic E-state index is 12.9. The van der Waals surface area contributed by atoms with E-state index in [4.69, 9.17) is 23.2 Å². The van der Waals surface area contributed by atoms with Crippen LogP contribution in [0.4, 0.5) is 0 Å². The summed E-state index contributed by atoms with van der Waals surface area (Å²) in [5.41, 5.74) is 1.62. The molecule has 0 saturated heterocycles. The van der Waals surface area contributed by atoms with Gasteiger partial charge in [-0.15, -0.1) is 11.6 Å². The number of halogens is 2. The highest BCUT2D eigenvalue weighted by Crippen LogP contribution is 2.35. The molecule has 0 bridgehead atoms. The van der Waals surface area contributed by atoms with E-state index < -0.39 is 21.4 Å². The van der Waals surface area contributed by atoms with Crippen molar-refractivity contribution in [2.24, 2.45) is 0 Å². The Hall–Kier alpha value is -1.85. The maximum Gasteiger partial charge on any atom is 0.241 e. The van der Waals surface area contributed by atoms with Crippen molar-refractivity contribution >= 4 is 33.2 Å². The molecule has 3 nitrogen and oxygen atoms in total. The van der Waals surface area contributed by atoms with Gasteiger partial charge in [-0.05, 0) is 35.4 Å². The fraction of sp³-hybridized carbons (Fsp3) is 0.100. The number of alkyl halides is 1. The van der Waals surface area contributed by atoms with Crippen molar-refractivity contribution < 1.29 is 8.42 Å². The Morgan fingerprint density at radius 3 is 1.77 bits per heavy atom. The van der Waals surface area contributed by atoms with Crippen LogP contribution in [0.1, 0.15) is 22.5 Å². The van der Waals surface area contributed by atoms with Gasteiger partial charge in [0.2, 0.25) is 10.0 Å². The van der Waals surface area contributed by atoms with Crippen LogP contribution in [0.3, 0.4) is 0 Å². The summed E-state index contributed by atoms with van der Waals surface area (Å²) in [6.45, 7) is 0. The third-order valence-corrected chi connectivity index (χ3v) is 6.19. The van der Waals surface area contributed by atoms with E-state index in [9.17, 15) is 8.42 Å². The molecule has 0 aliphatic rings. The topological polar surface area (TPSA) is 46.2 Å². The van der Waals surface area contributed by atoms with E-state index in [-0.39, 0.29) is 4.90 Å². The smallest absolute Gasteiger partial charge is 0.207 e. The molecule has 0 fully saturated rings. The van der Waals surface area contributed by atoms with Gasteiger partial charge in [0, 0.05) is 5.02 Å². The minimum atomic E-state index is -3.77. The standard InChI is InChI=1S/C20H17Cl2NO2S/c21-17-11-13-18(14-12-17)26(24,25)23-20(16-9-5-2-6-10-16)19(22)15-7-3-1-4-8-15/h1-14,19-20,23H/t19-,20-/m0/s1. The Labute approximate surface area is 163 Å². The first kappa shape index (κ1) is 18.9. The lowest BCUT2D eigenvalue weighted by Gasteiger charge is -2.24. The van der Waals surface area contributed by atoms with Gasteiger partial charge < -0.3 is 0 Å². The van der Waals surface area contributed by atoms with E-state index in [2.05, 4.69) is 4.72 Å². The Balaban J connectivity index is 1.97. The van der Waals surface area contributed by atoms with Crippen LogP contribution in [0.15, 0.2) is 89.8 Å². The highest BCUT2D eigenvalue weighted by Gasteiger charge is 2.28. The molecular formula is C20H17Cl2NO2S. The summed E-state index contributed by atoms with van der Waals surface area (Å²) in [5.74, 6) is 0. The minimum Gasteiger partial charge on any atom is -0.207 e. The van der Waals surface area contributed by atoms with Gasteiger partial charge in [-0.3, -0.25) is 0 Å². The molecule has 3 aromatic carbocycles. The van der Waals surface area contributed by atoms with E-state index in [1.54, 1.807) is 12.1 Å². The lowest BCUT2D eigenvalue weighted by Crippen LogP contribution is -2.31. The number of sulfonamides is 1. The normalized spacial score (nSPS) is 13.9. The summed E-state index contributed by atoms with van der Waals surface area (Å²) in [4.78, 5) is 0.139. The third-order valence-electron chi connectivity index (χ3n) is 3.98. The predicted octanol–water partition coefficient (Wildman–Crippen LogP) is 5.34. The number of benzene rings is 3. The molecule has 1 N–H and O–H groups in total. The highest BCUT2D eigenvalue weighted by atomic mass is 35.5. The Morgan fingerprint density at radius 1 is 0.731 bits per heavy atom. The quantitative estimate of drug-likeness (QED) is 0.562. The highest BCUT2D eigenvalue weighted by molar-refractivity contribution is 7.89. The summed E-state index contributed by atoms with van der Waals surface area (Å²) in [6, 6.07) is 24.1. The van der Waals surface area contributed by atoms with Gasteiger partial charge in [-0.25, -0.2) is 13.1 Å². The van der Waals surface area contributed by atoms with Crippen LogP contribution in [-0.4, -0.2) is 8.42 Å². The van der Waals surface area contributed by atoms with Gasteiger partial charge in [0.25, 0.3) is 0 Å². The Kier molecular flexibility index (Phi) is 5.99. The number of hydrogen-bond donors (Lipinski definition) is 1. The predicted molar refractivity (Wildman–Crippen MR) is 106 cm³/mol. The van der Waals surface area contributed by atoms with Crippen LogP contribution >= 0.6 is 23.2 Å². The Morgan fingerprint density at radius 2 is 1.23 bits per heavy atom. The molecule has 134 valence electrons. The van der Waals surface area contributed by atoms with E-state index in [0.717, 1.165) is 11.1 Å². The van der Waals surface area contributed by atoms with Crippen LogP contribution in [0.2, 0.25) is 5.02 Å². The molecule has 0 unspecified atom stereocenters.